The quantitative estimate of drug-likeness (QED) is 0.380. The average molecular weight is 576 g/mol. The predicted molar refractivity (Wildman–Crippen MR) is 140 cm³/mol. The second-order valence-electron chi connectivity index (χ2n) is 8.74. The average Bonchev–Trinajstić information content (AvgIpc) is 3.60. The number of sulfonamides is 1. The lowest BCUT2D eigenvalue weighted by Crippen LogP contribution is -2.54. The molecule has 0 aliphatic carbocycles. The predicted octanol–water partition coefficient (Wildman–Crippen LogP) is 2.63. The van der Waals surface area contributed by atoms with Crippen molar-refractivity contribution in [2.45, 2.75) is 29.3 Å². The van der Waals surface area contributed by atoms with E-state index in [4.69, 9.17) is 4.74 Å². The summed E-state index contributed by atoms with van der Waals surface area (Å²) in [6.07, 6.45) is -2.20. The first-order chi connectivity index (χ1) is 18.6. The molecule has 1 aromatic heterocycles. The zero-order chi connectivity index (χ0) is 28.2. The summed E-state index contributed by atoms with van der Waals surface area (Å²) in [4.78, 5) is 39.8. The Morgan fingerprint density at radius 1 is 1.10 bits per heavy atom. The van der Waals surface area contributed by atoms with Crippen LogP contribution < -0.4 is 10.1 Å². The molecule has 2 unspecified atom stereocenters. The second kappa shape index (κ2) is 11.9. The molecule has 4 rings (SSSR count). The molecule has 206 valence electrons. The van der Waals surface area contributed by atoms with Crippen LogP contribution in [-0.2, 0) is 30.8 Å². The first kappa shape index (κ1) is 28.2. The van der Waals surface area contributed by atoms with E-state index in [-0.39, 0.29) is 23.7 Å². The van der Waals surface area contributed by atoms with Gasteiger partial charge in [-0.1, -0.05) is 30.3 Å². The van der Waals surface area contributed by atoms with E-state index in [1.165, 1.54) is 30.2 Å². The van der Waals surface area contributed by atoms with Gasteiger partial charge in [-0.2, -0.15) is 4.31 Å². The Hall–Kier alpha value is -3.81. The number of carboxylic acid groups (broad SMARTS) is 1. The number of aliphatic carboxylic acids is 1. The number of carbonyl (C=O) groups excluding carboxylic acids is 2. The van der Waals surface area contributed by atoms with Crippen LogP contribution in [0.5, 0.6) is 5.75 Å². The number of nitrogens with zero attached hydrogens (tertiary/aromatic N) is 2. The van der Waals surface area contributed by atoms with E-state index in [0.29, 0.717) is 16.9 Å². The third kappa shape index (κ3) is 6.44. The number of nitrogens with one attached hydrogen (secondary N) is 1. The molecular formula is C26H26FN3O7S2. The maximum Gasteiger partial charge on any atom is 0.305 e. The molecule has 2 aromatic carbocycles. The highest BCUT2D eigenvalue weighted by atomic mass is 32.2. The summed E-state index contributed by atoms with van der Waals surface area (Å²) >= 11 is 0.977. The fraction of sp³-hybridized carbons (Fsp3) is 0.269. The Kier molecular flexibility index (Phi) is 8.63. The van der Waals surface area contributed by atoms with Crippen molar-refractivity contribution < 1.29 is 37.0 Å². The monoisotopic (exact) mass is 575 g/mol. The van der Waals surface area contributed by atoms with Gasteiger partial charge >= 0.3 is 5.97 Å². The number of benzene rings is 2. The number of rotatable bonds is 10. The lowest BCUT2D eigenvalue weighted by Gasteiger charge is -2.30. The van der Waals surface area contributed by atoms with Crippen LogP contribution in [-0.4, -0.2) is 66.9 Å². The highest BCUT2D eigenvalue weighted by Gasteiger charge is 2.47. The van der Waals surface area contributed by atoms with Gasteiger partial charge in [-0.25, -0.2) is 12.8 Å². The first-order valence-electron chi connectivity index (χ1n) is 11.9. The van der Waals surface area contributed by atoms with Gasteiger partial charge in [-0.15, -0.1) is 11.3 Å². The number of hydrogen-bond acceptors (Lipinski definition) is 7. The number of amides is 2. The van der Waals surface area contributed by atoms with Crippen molar-refractivity contribution in [1.29, 1.82) is 0 Å². The maximum absolute atomic E-state index is 13.7. The van der Waals surface area contributed by atoms with Gasteiger partial charge in [-0.05, 0) is 46.8 Å². The van der Waals surface area contributed by atoms with Crippen molar-refractivity contribution in [3.05, 3.63) is 83.0 Å². The van der Waals surface area contributed by atoms with Gasteiger partial charge in [0.25, 0.3) is 15.9 Å². The molecule has 1 saturated heterocycles. The van der Waals surface area contributed by atoms with E-state index in [1.54, 1.807) is 35.7 Å². The largest absolute Gasteiger partial charge is 0.497 e. The number of carboxylic acids is 1. The molecular weight excluding hydrogens is 549 g/mol. The number of hydrogen-bond donors (Lipinski definition) is 2. The Morgan fingerprint density at radius 3 is 2.38 bits per heavy atom. The molecule has 0 bridgehead atoms. The Labute approximate surface area is 228 Å². The molecule has 1 aliphatic heterocycles. The lowest BCUT2D eigenvalue weighted by atomic mass is 10.0. The summed E-state index contributed by atoms with van der Waals surface area (Å²) in [6, 6.07) is 13.6. The van der Waals surface area contributed by atoms with Crippen LogP contribution in [0.25, 0.3) is 0 Å². The molecule has 2 amide bonds. The fourth-order valence-corrected chi connectivity index (χ4v) is 6.97. The summed E-state index contributed by atoms with van der Waals surface area (Å²) in [5.41, 5.74) is 0.948. The summed E-state index contributed by atoms with van der Waals surface area (Å²) in [5.74, 6) is -2.53. The number of halogens is 1. The minimum absolute atomic E-state index is 0.00498. The van der Waals surface area contributed by atoms with Crippen molar-refractivity contribution >= 4 is 39.1 Å². The topological polar surface area (TPSA) is 133 Å². The van der Waals surface area contributed by atoms with Crippen LogP contribution in [0.3, 0.4) is 0 Å². The van der Waals surface area contributed by atoms with E-state index in [2.05, 4.69) is 5.32 Å². The normalized spacial score (nSPS) is 16.6. The van der Waals surface area contributed by atoms with Gasteiger partial charge in [0.1, 0.15) is 15.8 Å². The molecule has 2 heterocycles. The highest BCUT2D eigenvalue weighted by Crippen LogP contribution is 2.29. The molecule has 39 heavy (non-hydrogen) atoms. The highest BCUT2D eigenvalue weighted by molar-refractivity contribution is 7.91. The van der Waals surface area contributed by atoms with Crippen molar-refractivity contribution in [2.75, 3.05) is 20.2 Å². The summed E-state index contributed by atoms with van der Waals surface area (Å²) < 4.78 is 46.5. The zero-order valence-electron chi connectivity index (χ0n) is 20.8. The van der Waals surface area contributed by atoms with Crippen LogP contribution in [0.4, 0.5) is 4.39 Å². The summed E-state index contributed by atoms with van der Waals surface area (Å²) in [7, 11) is -2.64. The van der Waals surface area contributed by atoms with Gasteiger partial charge in [-0.3, -0.25) is 14.4 Å². The zero-order valence-corrected chi connectivity index (χ0v) is 22.5. The molecule has 0 spiro atoms. The van der Waals surface area contributed by atoms with Gasteiger partial charge in [0.15, 0.2) is 6.17 Å². The van der Waals surface area contributed by atoms with Crippen LogP contribution in [0, 0.1) is 5.82 Å². The van der Waals surface area contributed by atoms with Crippen molar-refractivity contribution in [1.82, 2.24) is 14.5 Å². The van der Waals surface area contributed by atoms with Gasteiger partial charge in [0.05, 0.1) is 26.0 Å². The Bertz CT molecular complexity index is 1430. The van der Waals surface area contributed by atoms with E-state index < -0.39 is 52.3 Å². The minimum Gasteiger partial charge on any atom is -0.497 e. The Morgan fingerprint density at radius 2 is 1.79 bits per heavy atom. The molecule has 2 N–H and O–H groups in total. The van der Waals surface area contributed by atoms with Crippen molar-refractivity contribution in [3.8, 4) is 5.75 Å². The summed E-state index contributed by atoms with van der Waals surface area (Å²) in [5, 5.41) is 13.6. The maximum atomic E-state index is 13.7. The molecule has 10 nitrogen and oxygen atoms in total. The second-order valence-corrected chi connectivity index (χ2v) is 11.8. The minimum atomic E-state index is -4.15. The number of methoxy groups -OCH3 is 1. The molecule has 2 atom stereocenters. The molecule has 0 radical (unpaired) electrons. The van der Waals surface area contributed by atoms with E-state index in [0.717, 1.165) is 27.8 Å². The third-order valence-corrected chi connectivity index (χ3v) is 9.45. The molecule has 1 fully saturated rings. The SMILES string of the molecule is COc1ccc(CC(=O)N2CCN(S(=O)(=O)c3cccs3)C2C(=O)NC(CC(=O)O)c2ccc(F)cc2)cc1. The van der Waals surface area contributed by atoms with Gasteiger partial charge < -0.3 is 20.1 Å². The molecule has 1 aliphatic rings. The van der Waals surface area contributed by atoms with Crippen molar-refractivity contribution in [2.24, 2.45) is 0 Å². The van der Waals surface area contributed by atoms with Crippen LogP contribution in [0.1, 0.15) is 23.6 Å². The number of thiophene rings is 1. The first-order valence-corrected chi connectivity index (χ1v) is 14.2. The van der Waals surface area contributed by atoms with E-state index in [1.807, 2.05) is 0 Å². The van der Waals surface area contributed by atoms with Crippen LogP contribution in [0.2, 0.25) is 0 Å². The van der Waals surface area contributed by atoms with Crippen LogP contribution >= 0.6 is 11.3 Å². The lowest BCUT2D eigenvalue weighted by molar-refractivity contribution is -0.141. The molecule has 0 saturated carbocycles. The van der Waals surface area contributed by atoms with Crippen molar-refractivity contribution in [3.63, 3.8) is 0 Å². The standard InChI is InChI=1S/C26H26FN3O7S2/c1-37-20-10-4-17(5-11-20)15-22(31)29-12-13-30(39(35,36)24-3-2-14-38-24)26(29)25(34)28-21(16-23(32)33)18-6-8-19(27)9-7-18/h2-11,14,21,26H,12-13,15-16H2,1H3,(H,28,34)(H,32,33). The molecule has 13 heteroatoms. The third-order valence-electron chi connectivity index (χ3n) is 6.22. The van der Waals surface area contributed by atoms with Gasteiger partial charge in [0, 0.05) is 13.1 Å². The number of ether oxygens (including phenoxy) is 1. The van der Waals surface area contributed by atoms with E-state index >= 15 is 0 Å². The van der Waals surface area contributed by atoms with E-state index in [9.17, 15) is 32.3 Å². The Balaban J connectivity index is 1.65. The summed E-state index contributed by atoms with van der Waals surface area (Å²) in [6.45, 7) is -0.176. The molecule has 3 aromatic rings. The van der Waals surface area contributed by atoms with Crippen LogP contribution in [0.15, 0.2) is 70.3 Å². The smallest absolute Gasteiger partial charge is 0.305 e. The van der Waals surface area contributed by atoms with Gasteiger partial charge in [0.2, 0.25) is 5.91 Å². The fourth-order valence-electron chi connectivity index (χ4n) is 4.30. The number of carbonyl (C=O) groups is 3.